The number of benzene rings is 1. The highest BCUT2D eigenvalue weighted by Crippen LogP contribution is 2.15. The van der Waals surface area contributed by atoms with Crippen molar-refractivity contribution in [2.24, 2.45) is 0 Å². The van der Waals surface area contributed by atoms with Gasteiger partial charge in [0.25, 0.3) is 0 Å². The Labute approximate surface area is 77.7 Å². The number of nitrogens with one attached hydrogen (secondary N) is 1. The maximum absolute atomic E-state index is 10.7. The van der Waals surface area contributed by atoms with Gasteiger partial charge in [0.05, 0.1) is 6.61 Å². The van der Waals surface area contributed by atoms with Crippen LogP contribution in [0.2, 0.25) is 0 Å². The van der Waals surface area contributed by atoms with E-state index < -0.39 is 0 Å². The first-order valence-corrected chi connectivity index (χ1v) is 4.23. The quantitative estimate of drug-likeness (QED) is 0.782. The number of rotatable bonds is 3. The number of anilines is 1. The van der Waals surface area contributed by atoms with Crippen molar-refractivity contribution < 1.29 is 9.53 Å². The molecule has 0 aliphatic heterocycles. The highest BCUT2D eigenvalue weighted by Gasteiger charge is 1.95. The molecule has 0 aromatic heterocycles. The SMILES string of the molecule is CCO[13c]1[13cH][13cH][13c](NC(C)=O)[13cH][13cH]1. The van der Waals surface area contributed by atoms with Crippen LogP contribution in [0.5, 0.6) is 5.75 Å². The molecule has 0 aliphatic carbocycles. The van der Waals surface area contributed by atoms with Gasteiger partial charge in [0.1, 0.15) is 5.75 Å². The van der Waals surface area contributed by atoms with Gasteiger partial charge in [0, 0.05) is 12.6 Å². The molecule has 0 bridgehead atoms. The van der Waals surface area contributed by atoms with Crippen molar-refractivity contribution in [3.63, 3.8) is 0 Å². The Morgan fingerprint density at radius 1 is 1.38 bits per heavy atom. The Morgan fingerprint density at radius 3 is 2.46 bits per heavy atom. The van der Waals surface area contributed by atoms with Gasteiger partial charge in [-0.25, -0.2) is 0 Å². The smallest absolute Gasteiger partial charge is 0.221 e. The molecule has 1 rings (SSSR count). The second-order valence-electron chi connectivity index (χ2n) is 2.64. The highest BCUT2D eigenvalue weighted by molar-refractivity contribution is 5.88. The van der Waals surface area contributed by atoms with Crippen molar-refractivity contribution in [2.75, 3.05) is 11.9 Å². The van der Waals surface area contributed by atoms with Crippen molar-refractivity contribution >= 4 is 11.6 Å². The monoisotopic (exact) mass is 185 g/mol. The van der Waals surface area contributed by atoms with Crippen LogP contribution < -0.4 is 10.1 Å². The fourth-order valence-electron chi connectivity index (χ4n) is 1.00. The number of carbonyl (C=O) groups excluding carboxylic acids is 1. The van der Waals surface area contributed by atoms with Crippen LogP contribution in [0.25, 0.3) is 0 Å². The van der Waals surface area contributed by atoms with E-state index in [1.165, 1.54) is 6.92 Å². The summed E-state index contributed by atoms with van der Waals surface area (Å²) >= 11 is 0. The molecule has 0 saturated heterocycles. The van der Waals surface area contributed by atoms with Crippen LogP contribution in [0.15, 0.2) is 24.3 Å². The summed E-state index contributed by atoms with van der Waals surface area (Å²) in [5.41, 5.74) is 0.788. The van der Waals surface area contributed by atoms with Crippen LogP contribution in [-0.4, -0.2) is 12.5 Å². The first-order chi connectivity index (χ1) is 6.22. The van der Waals surface area contributed by atoms with E-state index in [0.717, 1.165) is 11.4 Å². The Balaban J connectivity index is 2.64. The van der Waals surface area contributed by atoms with E-state index in [0.29, 0.717) is 6.61 Å². The van der Waals surface area contributed by atoms with Crippen molar-refractivity contribution in [1.29, 1.82) is 0 Å². The lowest BCUT2D eigenvalue weighted by molar-refractivity contribution is -0.114. The average Bonchev–Trinajstić information content (AvgIpc) is 2.08. The van der Waals surface area contributed by atoms with E-state index in [1.54, 1.807) is 0 Å². The lowest BCUT2D eigenvalue weighted by atomic mass is 10.7. The van der Waals surface area contributed by atoms with Gasteiger partial charge in [0.2, 0.25) is 5.91 Å². The van der Waals surface area contributed by atoms with Crippen LogP contribution in [0.4, 0.5) is 5.69 Å². The average molecular weight is 185 g/mol. The molecule has 0 atom stereocenters. The molecule has 1 N–H and O–H groups in total. The lowest BCUT2D eigenvalue weighted by Gasteiger charge is -2.04. The molecule has 0 fully saturated rings. The first-order valence-electron chi connectivity index (χ1n) is 4.23. The zero-order chi connectivity index (χ0) is 9.68. The summed E-state index contributed by atoms with van der Waals surface area (Å²) in [5.74, 6) is 0.751. The van der Waals surface area contributed by atoms with Gasteiger partial charge >= 0.3 is 0 Å². The topological polar surface area (TPSA) is 38.3 Å². The van der Waals surface area contributed by atoms with Gasteiger partial charge in [-0.05, 0) is 31.2 Å². The fourth-order valence-corrected chi connectivity index (χ4v) is 1.00. The fraction of sp³-hybridized carbons (Fsp3) is 0.300. The summed E-state index contributed by atoms with van der Waals surface area (Å²) in [7, 11) is 0. The van der Waals surface area contributed by atoms with E-state index in [1.807, 2.05) is 31.2 Å². The van der Waals surface area contributed by atoms with Gasteiger partial charge in [0.15, 0.2) is 0 Å². The van der Waals surface area contributed by atoms with Crippen LogP contribution in [-0.2, 0) is 4.79 Å². The van der Waals surface area contributed by atoms with E-state index >= 15 is 0 Å². The molecule has 70 valence electrons. The van der Waals surface area contributed by atoms with Gasteiger partial charge in [-0.2, -0.15) is 0 Å². The Morgan fingerprint density at radius 2 is 2.00 bits per heavy atom. The van der Waals surface area contributed by atoms with E-state index in [9.17, 15) is 4.79 Å². The third-order valence-corrected chi connectivity index (χ3v) is 1.49. The summed E-state index contributed by atoms with van der Waals surface area (Å²) in [4.78, 5) is 10.7. The number of hydrogen-bond acceptors (Lipinski definition) is 2. The third-order valence-electron chi connectivity index (χ3n) is 1.49. The molecule has 0 heterocycles. The molecule has 13 heavy (non-hydrogen) atoms. The Bertz CT molecular complexity index is 279. The van der Waals surface area contributed by atoms with Crippen molar-refractivity contribution in [1.82, 2.24) is 0 Å². The van der Waals surface area contributed by atoms with Gasteiger partial charge in [-0.3, -0.25) is 4.79 Å². The van der Waals surface area contributed by atoms with E-state index in [-0.39, 0.29) is 5.91 Å². The molecular weight excluding hydrogens is 172 g/mol. The molecule has 0 aliphatic rings. The molecule has 1 aromatic carbocycles. The molecular formula is C10H13NO2. The summed E-state index contributed by atoms with van der Waals surface area (Å²) in [5, 5.41) is 2.68. The standard InChI is InChI=1S/C10H13NO2/c1-3-13-10-6-4-9(5-7-10)11-8(2)12/h4-7H,3H2,1-2H3,(H,11,12)/i4+1,5+1,6+1,7+1,9+1,10+1. The van der Waals surface area contributed by atoms with E-state index in [4.69, 9.17) is 4.74 Å². The number of hydrogen-bond donors (Lipinski definition) is 1. The van der Waals surface area contributed by atoms with Gasteiger partial charge < -0.3 is 10.1 Å². The molecule has 1 aromatic rings. The molecule has 3 heteroatoms. The first kappa shape index (κ1) is 9.58. The number of ether oxygens (including phenoxy) is 1. The zero-order valence-corrected chi connectivity index (χ0v) is 7.83. The molecule has 0 radical (unpaired) electrons. The van der Waals surface area contributed by atoms with E-state index in [2.05, 4.69) is 5.32 Å². The normalized spacial score (nSPS) is 9.38. The van der Waals surface area contributed by atoms with Gasteiger partial charge in [-0.15, -0.1) is 0 Å². The number of amides is 1. The molecule has 1 amide bonds. The summed E-state index contributed by atoms with van der Waals surface area (Å²) in [6.07, 6.45) is 0. The van der Waals surface area contributed by atoms with Crippen molar-refractivity contribution in [3.8, 4) is 5.75 Å². The Kier molecular flexibility index (Phi) is 3.31. The predicted molar refractivity (Wildman–Crippen MR) is 51.9 cm³/mol. The highest BCUT2D eigenvalue weighted by atomic mass is 16.5. The second kappa shape index (κ2) is 4.50. The van der Waals surface area contributed by atoms with Gasteiger partial charge in [-0.1, -0.05) is 0 Å². The van der Waals surface area contributed by atoms with Crippen LogP contribution in [0.1, 0.15) is 13.8 Å². The summed E-state index contributed by atoms with van der Waals surface area (Å²) in [6, 6.07) is 7.28. The molecule has 0 saturated carbocycles. The minimum atomic E-state index is -0.0656. The lowest BCUT2D eigenvalue weighted by Crippen LogP contribution is -2.05. The summed E-state index contributed by atoms with van der Waals surface area (Å²) in [6.45, 7) is 4.07. The predicted octanol–water partition coefficient (Wildman–Crippen LogP) is 2.04. The number of carbonyl (C=O) groups is 1. The minimum absolute atomic E-state index is 0.0656. The Hall–Kier alpha value is -1.51. The molecule has 3 nitrogen and oxygen atoms in total. The van der Waals surface area contributed by atoms with Crippen molar-refractivity contribution in [3.05, 3.63) is 24.3 Å². The maximum Gasteiger partial charge on any atom is 0.221 e. The van der Waals surface area contributed by atoms with Crippen LogP contribution in [0, 0.1) is 0 Å². The largest absolute Gasteiger partial charge is 0.494 e. The van der Waals surface area contributed by atoms with Crippen LogP contribution >= 0.6 is 0 Å². The molecule has 0 spiro atoms. The van der Waals surface area contributed by atoms with Crippen molar-refractivity contribution in [2.45, 2.75) is 13.8 Å². The maximum atomic E-state index is 10.7. The summed E-state index contributed by atoms with van der Waals surface area (Å²) < 4.78 is 5.25. The van der Waals surface area contributed by atoms with Crippen LogP contribution in [0.3, 0.4) is 0 Å². The second-order valence-corrected chi connectivity index (χ2v) is 2.64. The minimum Gasteiger partial charge on any atom is -0.494 e. The third kappa shape index (κ3) is 3.15. The zero-order valence-electron chi connectivity index (χ0n) is 7.83. The molecule has 0 unspecified atom stereocenters.